The molecule has 1 N–H and O–H groups in total. The van der Waals surface area contributed by atoms with Crippen LogP contribution >= 0.6 is 0 Å². The predicted molar refractivity (Wildman–Crippen MR) is 160 cm³/mol. The van der Waals surface area contributed by atoms with Gasteiger partial charge < -0.3 is 24.1 Å². The maximum atomic E-state index is 13.3. The molecule has 2 aliphatic heterocycles. The second kappa shape index (κ2) is 11.1. The number of hydrogen-bond acceptors (Lipinski definition) is 7. The fourth-order valence-electron chi connectivity index (χ4n) is 6.90. The highest BCUT2D eigenvalue weighted by Crippen LogP contribution is 2.40. The Labute approximate surface area is 245 Å². The Kier molecular flexibility index (Phi) is 7.04. The molecule has 0 bridgehead atoms. The van der Waals surface area contributed by atoms with Crippen LogP contribution in [0.5, 0.6) is 5.75 Å². The van der Waals surface area contributed by atoms with Gasteiger partial charge in [0, 0.05) is 55.7 Å². The number of nitriles is 1. The van der Waals surface area contributed by atoms with Crippen molar-refractivity contribution in [3.05, 3.63) is 65.9 Å². The Bertz CT molecular complexity index is 1670. The summed E-state index contributed by atoms with van der Waals surface area (Å²) in [5.41, 5.74) is 5.86. The van der Waals surface area contributed by atoms with Gasteiger partial charge in [0.25, 0.3) is 5.91 Å². The summed E-state index contributed by atoms with van der Waals surface area (Å²) in [5, 5.41) is 13.4. The Balaban J connectivity index is 1.17. The van der Waals surface area contributed by atoms with E-state index in [0.29, 0.717) is 51.6 Å². The third-order valence-corrected chi connectivity index (χ3v) is 9.17. The zero-order valence-corrected chi connectivity index (χ0v) is 23.8. The van der Waals surface area contributed by atoms with E-state index in [1.165, 1.54) is 19.3 Å². The summed E-state index contributed by atoms with van der Waals surface area (Å²) in [6.45, 7) is 3.17. The van der Waals surface area contributed by atoms with Crippen molar-refractivity contribution >= 4 is 22.7 Å². The molecule has 3 fully saturated rings. The van der Waals surface area contributed by atoms with Gasteiger partial charge in [0.15, 0.2) is 5.58 Å². The molecule has 2 aromatic carbocycles. The molecule has 4 aromatic rings. The number of carbonyl (C=O) groups is 1. The number of anilines is 1. The molecule has 2 aromatic heterocycles. The van der Waals surface area contributed by atoms with E-state index in [0.717, 1.165) is 61.5 Å². The summed E-state index contributed by atoms with van der Waals surface area (Å²) in [6.07, 6.45) is 7.34. The van der Waals surface area contributed by atoms with Crippen molar-refractivity contribution in [1.82, 2.24) is 9.88 Å². The number of likely N-dealkylation sites (tertiary alicyclic amines) is 1. The van der Waals surface area contributed by atoms with Gasteiger partial charge in [0.05, 0.1) is 23.9 Å². The van der Waals surface area contributed by atoms with Crippen molar-refractivity contribution in [1.29, 1.82) is 5.26 Å². The van der Waals surface area contributed by atoms with Gasteiger partial charge in [-0.05, 0) is 79.5 Å². The predicted octanol–water partition coefficient (Wildman–Crippen LogP) is 6.51. The normalized spacial score (nSPS) is 20.4. The summed E-state index contributed by atoms with van der Waals surface area (Å²) < 4.78 is 17.6. The highest BCUT2D eigenvalue weighted by molar-refractivity contribution is 5.97. The number of nitrogens with one attached hydrogen (secondary N) is 1. The molecule has 0 radical (unpaired) electrons. The fraction of sp³-hybridized carbons (Fsp3) is 0.382. The first-order valence-electron chi connectivity index (χ1n) is 14.9. The van der Waals surface area contributed by atoms with E-state index in [-0.39, 0.29) is 5.91 Å². The molecule has 7 rings (SSSR count). The van der Waals surface area contributed by atoms with Crippen molar-refractivity contribution in [2.75, 3.05) is 38.7 Å². The number of pyridine rings is 1. The van der Waals surface area contributed by atoms with Crippen LogP contribution in [0, 0.1) is 23.2 Å². The molecule has 1 aliphatic carbocycles. The van der Waals surface area contributed by atoms with Crippen molar-refractivity contribution in [2.45, 2.75) is 38.1 Å². The number of fused-ring (bicyclic) bond motifs is 2. The number of carbonyl (C=O) groups excluding carboxylic acids is 1. The van der Waals surface area contributed by atoms with E-state index >= 15 is 0 Å². The molecule has 1 saturated carbocycles. The maximum Gasteiger partial charge on any atom is 0.254 e. The van der Waals surface area contributed by atoms with E-state index in [1.807, 2.05) is 53.4 Å². The number of benzene rings is 2. The quantitative estimate of drug-likeness (QED) is 0.286. The van der Waals surface area contributed by atoms with Crippen LogP contribution in [-0.4, -0.2) is 55.2 Å². The molecular weight excluding hydrogens is 528 g/mol. The molecule has 8 nitrogen and oxygen atoms in total. The third-order valence-electron chi connectivity index (χ3n) is 9.17. The van der Waals surface area contributed by atoms with Crippen molar-refractivity contribution < 1.29 is 18.7 Å². The van der Waals surface area contributed by atoms with Crippen LogP contribution in [0.3, 0.4) is 0 Å². The van der Waals surface area contributed by atoms with Gasteiger partial charge in [-0.25, -0.2) is 0 Å². The number of ether oxygens (including phenoxy) is 2. The summed E-state index contributed by atoms with van der Waals surface area (Å²) in [5.74, 6) is 2.55. The summed E-state index contributed by atoms with van der Waals surface area (Å²) in [7, 11) is 1.61. The van der Waals surface area contributed by atoms with Crippen LogP contribution in [0.4, 0.5) is 5.69 Å². The molecule has 4 heterocycles. The van der Waals surface area contributed by atoms with E-state index in [9.17, 15) is 10.1 Å². The first kappa shape index (κ1) is 26.5. The first-order chi connectivity index (χ1) is 20.6. The van der Waals surface area contributed by atoms with Crippen molar-refractivity contribution in [3.63, 3.8) is 0 Å². The Morgan fingerprint density at radius 2 is 1.83 bits per heavy atom. The second-order valence-corrected chi connectivity index (χ2v) is 11.7. The van der Waals surface area contributed by atoms with Crippen molar-refractivity contribution in [3.8, 4) is 34.3 Å². The molecule has 1 amide bonds. The zero-order valence-electron chi connectivity index (χ0n) is 23.8. The molecule has 3 aliphatic rings. The van der Waals surface area contributed by atoms with E-state index < -0.39 is 0 Å². The number of amides is 1. The molecule has 2 saturated heterocycles. The van der Waals surface area contributed by atoms with Crippen molar-refractivity contribution in [2.24, 2.45) is 11.8 Å². The van der Waals surface area contributed by atoms with Crippen LogP contribution in [0.1, 0.15) is 48.0 Å². The number of hydrogen-bond donors (Lipinski definition) is 1. The molecular formula is C34H34N4O4. The third kappa shape index (κ3) is 4.88. The van der Waals surface area contributed by atoms with Crippen LogP contribution in [0.25, 0.3) is 33.6 Å². The molecule has 214 valence electrons. The van der Waals surface area contributed by atoms with Gasteiger partial charge in [-0.1, -0.05) is 12.5 Å². The highest BCUT2D eigenvalue weighted by atomic mass is 16.5. The largest absolute Gasteiger partial charge is 0.496 e. The monoisotopic (exact) mass is 562 g/mol. The van der Waals surface area contributed by atoms with E-state index in [1.54, 1.807) is 13.3 Å². The minimum atomic E-state index is 0.0610. The minimum Gasteiger partial charge on any atom is -0.496 e. The number of rotatable bonds is 6. The standard InChI is InChI=1S/C34H34N4O4/c1-40-31-16-22(34(39)38-19-23-3-2-4-24(23)20-38)5-7-28(31)32-17-30-33(42-32)27(9-12-36-30)21-6-8-29(25(15-21)18-35)37-26-10-13-41-14-11-26/h5-9,12,15-17,23-24,26,37H,2-4,10-11,13-14,19-20H2,1H3. The maximum absolute atomic E-state index is 13.3. The highest BCUT2D eigenvalue weighted by Gasteiger charge is 2.38. The molecule has 8 heteroatoms. The lowest BCUT2D eigenvalue weighted by atomic mass is 10.0. The average Bonchev–Trinajstić information content (AvgIpc) is 3.76. The van der Waals surface area contributed by atoms with Gasteiger partial charge in [-0.3, -0.25) is 9.78 Å². The smallest absolute Gasteiger partial charge is 0.254 e. The van der Waals surface area contributed by atoms with E-state index in [4.69, 9.17) is 13.9 Å². The van der Waals surface area contributed by atoms with Gasteiger partial charge in [-0.15, -0.1) is 0 Å². The molecule has 42 heavy (non-hydrogen) atoms. The average molecular weight is 563 g/mol. The van der Waals surface area contributed by atoms with Crippen LogP contribution in [-0.2, 0) is 4.74 Å². The van der Waals surface area contributed by atoms with Gasteiger partial charge in [-0.2, -0.15) is 5.26 Å². The SMILES string of the molecule is COc1cc(C(=O)N2CC3CCCC3C2)ccc1-c1cc2nccc(-c3ccc(NC4CCOCC4)c(C#N)c3)c2o1. The minimum absolute atomic E-state index is 0.0610. The number of furan rings is 1. The van der Waals surface area contributed by atoms with Crippen LogP contribution in [0.2, 0.25) is 0 Å². The zero-order chi connectivity index (χ0) is 28.6. The van der Waals surface area contributed by atoms with Gasteiger partial charge >= 0.3 is 0 Å². The lowest BCUT2D eigenvalue weighted by Gasteiger charge is -2.24. The van der Waals surface area contributed by atoms with Gasteiger partial charge in [0.1, 0.15) is 23.1 Å². The fourth-order valence-corrected chi connectivity index (χ4v) is 6.90. The number of methoxy groups -OCH3 is 1. The van der Waals surface area contributed by atoms with E-state index in [2.05, 4.69) is 16.4 Å². The lowest BCUT2D eigenvalue weighted by molar-refractivity contribution is 0.0780. The summed E-state index contributed by atoms with van der Waals surface area (Å²) in [6, 6.07) is 17.9. The summed E-state index contributed by atoms with van der Waals surface area (Å²) in [4.78, 5) is 19.9. The number of aromatic nitrogens is 1. The topological polar surface area (TPSA) is 101 Å². The lowest BCUT2D eigenvalue weighted by Crippen LogP contribution is -2.29. The molecule has 2 unspecified atom stereocenters. The number of nitrogens with zero attached hydrogens (tertiary/aromatic N) is 3. The Morgan fingerprint density at radius 3 is 2.60 bits per heavy atom. The molecule has 0 spiro atoms. The van der Waals surface area contributed by atoms with Crippen LogP contribution < -0.4 is 10.1 Å². The summed E-state index contributed by atoms with van der Waals surface area (Å²) >= 11 is 0. The second-order valence-electron chi connectivity index (χ2n) is 11.7. The Hall–Kier alpha value is -4.35. The van der Waals surface area contributed by atoms with Gasteiger partial charge in [0.2, 0.25) is 0 Å². The Morgan fingerprint density at radius 1 is 1.02 bits per heavy atom. The first-order valence-corrected chi connectivity index (χ1v) is 14.9. The van der Waals surface area contributed by atoms with Crippen LogP contribution in [0.15, 0.2) is 59.1 Å². The molecule has 2 atom stereocenters.